The minimum Gasteiger partial charge on any atom is -0.463 e. The van der Waals surface area contributed by atoms with Crippen LogP contribution in [0.4, 0.5) is 0 Å². The first-order valence-electron chi connectivity index (χ1n) is 5.69. The van der Waals surface area contributed by atoms with E-state index in [2.05, 4.69) is 13.8 Å². The van der Waals surface area contributed by atoms with E-state index in [9.17, 15) is 4.79 Å². The van der Waals surface area contributed by atoms with Crippen LogP contribution in [0, 0.1) is 0 Å². The Hall–Kier alpha value is -1.28. The van der Waals surface area contributed by atoms with Crippen molar-refractivity contribution in [2.45, 2.75) is 26.7 Å². The number of halogens is 1. The molecule has 0 aliphatic carbocycles. The molecule has 0 bridgehead atoms. The molecule has 0 radical (unpaired) electrons. The van der Waals surface area contributed by atoms with E-state index in [1.54, 1.807) is 13.0 Å². The molecule has 92 valence electrons. The standard InChI is InChI=1S/C14H17ClO2/c1-4-17-14(16)8-6-11-5-7-12(10(2)3)13(15)9-11/h5-10H,4H2,1-3H3. The number of rotatable bonds is 4. The van der Waals surface area contributed by atoms with Gasteiger partial charge in [0.05, 0.1) is 6.61 Å². The number of hydrogen-bond donors (Lipinski definition) is 0. The van der Waals surface area contributed by atoms with Crippen LogP contribution in [0.1, 0.15) is 37.8 Å². The summed E-state index contributed by atoms with van der Waals surface area (Å²) in [5.74, 6) is 0.0575. The molecular formula is C14H17ClO2. The summed E-state index contributed by atoms with van der Waals surface area (Å²) in [6.45, 7) is 6.35. The van der Waals surface area contributed by atoms with Gasteiger partial charge in [0.25, 0.3) is 0 Å². The third-order valence-corrected chi connectivity index (χ3v) is 2.67. The Morgan fingerprint density at radius 1 is 1.47 bits per heavy atom. The van der Waals surface area contributed by atoms with Crippen LogP contribution in [-0.4, -0.2) is 12.6 Å². The van der Waals surface area contributed by atoms with Crippen LogP contribution in [0.2, 0.25) is 5.02 Å². The molecule has 0 aromatic heterocycles. The van der Waals surface area contributed by atoms with Gasteiger partial charge in [-0.15, -0.1) is 0 Å². The van der Waals surface area contributed by atoms with E-state index in [1.807, 2.05) is 18.2 Å². The number of esters is 1. The average molecular weight is 253 g/mol. The zero-order valence-electron chi connectivity index (χ0n) is 10.4. The van der Waals surface area contributed by atoms with Gasteiger partial charge in [-0.1, -0.05) is 37.6 Å². The Labute approximate surface area is 107 Å². The van der Waals surface area contributed by atoms with Crippen LogP contribution >= 0.6 is 11.6 Å². The maximum Gasteiger partial charge on any atom is 0.330 e. The number of benzene rings is 1. The number of hydrogen-bond acceptors (Lipinski definition) is 2. The van der Waals surface area contributed by atoms with Gasteiger partial charge >= 0.3 is 5.97 Å². The highest BCUT2D eigenvalue weighted by Crippen LogP contribution is 2.25. The van der Waals surface area contributed by atoms with Gasteiger partial charge in [0.2, 0.25) is 0 Å². The lowest BCUT2D eigenvalue weighted by Crippen LogP contribution is -1.98. The average Bonchev–Trinajstić information content (AvgIpc) is 2.26. The first-order chi connectivity index (χ1) is 8.04. The van der Waals surface area contributed by atoms with Gasteiger partial charge < -0.3 is 4.74 Å². The molecule has 2 nitrogen and oxygen atoms in total. The molecule has 17 heavy (non-hydrogen) atoms. The highest BCUT2D eigenvalue weighted by atomic mass is 35.5. The molecule has 0 aliphatic heterocycles. The fourth-order valence-corrected chi connectivity index (χ4v) is 1.88. The second-order valence-electron chi connectivity index (χ2n) is 4.02. The second-order valence-corrected chi connectivity index (χ2v) is 4.43. The van der Waals surface area contributed by atoms with Gasteiger partial charge in [-0.2, -0.15) is 0 Å². The number of ether oxygens (including phenoxy) is 1. The van der Waals surface area contributed by atoms with Gasteiger partial charge in [0.15, 0.2) is 0 Å². The summed E-state index contributed by atoms with van der Waals surface area (Å²) in [6, 6.07) is 5.78. The maximum atomic E-state index is 11.1. The normalized spacial score (nSPS) is 11.1. The molecule has 0 unspecified atom stereocenters. The van der Waals surface area contributed by atoms with Gasteiger partial charge in [0.1, 0.15) is 0 Å². The Kier molecular flexibility index (Phi) is 5.23. The molecular weight excluding hydrogens is 236 g/mol. The van der Waals surface area contributed by atoms with Crippen molar-refractivity contribution in [1.29, 1.82) is 0 Å². The van der Waals surface area contributed by atoms with E-state index in [0.717, 1.165) is 16.1 Å². The fourth-order valence-electron chi connectivity index (χ4n) is 1.47. The summed E-state index contributed by atoms with van der Waals surface area (Å²) in [6.07, 6.45) is 3.11. The lowest BCUT2D eigenvalue weighted by molar-refractivity contribution is -0.137. The predicted molar refractivity (Wildman–Crippen MR) is 71.2 cm³/mol. The van der Waals surface area contributed by atoms with Crippen molar-refractivity contribution in [3.8, 4) is 0 Å². The van der Waals surface area contributed by atoms with Crippen molar-refractivity contribution in [2.24, 2.45) is 0 Å². The molecule has 0 aliphatic rings. The Balaban J connectivity index is 2.80. The molecule has 1 rings (SSSR count). The van der Waals surface area contributed by atoms with Crippen molar-refractivity contribution in [3.63, 3.8) is 0 Å². The van der Waals surface area contributed by atoms with Crippen molar-refractivity contribution >= 4 is 23.6 Å². The lowest BCUT2D eigenvalue weighted by Gasteiger charge is -2.08. The molecule has 0 fully saturated rings. The molecule has 1 aromatic rings. The predicted octanol–water partition coefficient (Wildman–Crippen LogP) is 4.04. The lowest BCUT2D eigenvalue weighted by atomic mass is 10.0. The van der Waals surface area contributed by atoms with Crippen LogP contribution in [0.25, 0.3) is 6.08 Å². The zero-order valence-corrected chi connectivity index (χ0v) is 11.1. The SMILES string of the molecule is CCOC(=O)C=Cc1ccc(C(C)C)c(Cl)c1. The van der Waals surface area contributed by atoms with E-state index < -0.39 is 0 Å². The highest BCUT2D eigenvalue weighted by Gasteiger charge is 2.04. The first kappa shape index (κ1) is 13.8. The zero-order chi connectivity index (χ0) is 12.8. The molecule has 0 spiro atoms. The van der Waals surface area contributed by atoms with Crippen LogP contribution in [0.5, 0.6) is 0 Å². The molecule has 0 saturated carbocycles. The Morgan fingerprint density at radius 2 is 2.18 bits per heavy atom. The highest BCUT2D eigenvalue weighted by molar-refractivity contribution is 6.31. The third kappa shape index (κ3) is 4.23. The molecule has 3 heteroatoms. The van der Waals surface area contributed by atoms with E-state index in [4.69, 9.17) is 16.3 Å². The van der Waals surface area contributed by atoms with Crippen LogP contribution in [0.15, 0.2) is 24.3 Å². The summed E-state index contributed by atoms with van der Waals surface area (Å²) in [5.41, 5.74) is 2.01. The van der Waals surface area contributed by atoms with Gasteiger partial charge in [-0.05, 0) is 36.1 Å². The quantitative estimate of drug-likeness (QED) is 0.597. The van der Waals surface area contributed by atoms with Gasteiger partial charge in [-0.25, -0.2) is 4.79 Å². The monoisotopic (exact) mass is 252 g/mol. The van der Waals surface area contributed by atoms with Crippen molar-refractivity contribution < 1.29 is 9.53 Å². The molecule has 1 aromatic carbocycles. The van der Waals surface area contributed by atoms with E-state index in [1.165, 1.54) is 6.08 Å². The Bertz CT molecular complexity index is 422. The van der Waals surface area contributed by atoms with Crippen molar-refractivity contribution in [1.82, 2.24) is 0 Å². The largest absolute Gasteiger partial charge is 0.463 e. The third-order valence-electron chi connectivity index (χ3n) is 2.34. The minimum atomic E-state index is -0.337. The van der Waals surface area contributed by atoms with Crippen molar-refractivity contribution in [2.75, 3.05) is 6.61 Å². The maximum absolute atomic E-state index is 11.1. The number of carbonyl (C=O) groups excluding carboxylic acids is 1. The summed E-state index contributed by atoms with van der Waals surface area (Å²) in [7, 11) is 0. The molecule has 0 saturated heterocycles. The second kappa shape index (κ2) is 6.45. The molecule has 0 amide bonds. The minimum absolute atomic E-state index is 0.337. The first-order valence-corrected chi connectivity index (χ1v) is 6.06. The van der Waals surface area contributed by atoms with Crippen LogP contribution < -0.4 is 0 Å². The van der Waals surface area contributed by atoms with Gasteiger partial charge in [0, 0.05) is 11.1 Å². The van der Waals surface area contributed by atoms with E-state index in [-0.39, 0.29) is 5.97 Å². The van der Waals surface area contributed by atoms with E-state index >= 15 is 0 Å². The summed E-state index contributed by atoms with van der Waals surface area (Å²) in [4.78, 5) is 11.1. The van der Waals surface area contributed by atoms with Crippen molar-refractivity contribution in [3.05, 3.63) is 40.4 Å². The molecule has 0 atom stereocenters. The van der Waals surface area contributed by atoms with Crippen LogP contribution in [0.3, 0.4) is 0 Å². The molecule has 0 heterocycles. The summed E-state index contributed by atoms with van der Waals surface area (Å²) < 4.78 is 4.80. The van der Waals surface area contributed by atoms with Gasteiger partial charge in [-0.3, -0.25) is 0 Å². The topological polar surface area (TPSA) is 26.3 Å². The summed E-state index contributed by atoms with van der Waals surface area (Å²) >= 11 is 6.15. The van der Waals surface area contributed by atoms with E-state index in [0.29, 0.717) is 12.5 Å². The smallest absolute Gasteiger partial charge is 0.330 e. The summed E-state index contributed by atoms with van der Waals surface area (Å²) in [5, 5.41) is 0.728. The van der Waals surface area contributed by atoms with Crippen LogP contribution in [-0.2, 0) is 9.53 Å². The Morgan fingerprint density at radius 3 is 2.71 bits per heavy atom. The number of carbonyl (C=O) groups is 1. The fraction of sp³-hybridized carbons (Fsp3) is 0.357. The molecule has 0 N–H and O–H groups in total.